The van der Waals surface area contributed by atoms with E-state index in [1.54, 1.807) is 12.4 Å². The molecule has 3 heterocycles. The number of H-pyrrole nitrogens is 1. The van der Waals surface area contributed by atoms with E-state index in [4.69, 9.17) is 10.00 Å². The van der Waals surface area contributed by atoms with Gasteiger partial charge in [0.25, 0.3) is 0 Å². The fraction of sp³-hybridized carbons (Fsp3) is 0.278. The Morgan fingerprint density at radius 1 is 1.22 bits per heavy atom. The standard InChI is InChI=1S/C18H18N8O/c1-20-11-4-13(5-11)27-16-2-3-21-9-14(16)15-6-17(26-25-15)24-18-10-22-12(7-19)8-23-18/h2-3,6,8-11,13,20H,4-5H2,1H3,(H2,23,24,25,26). The Bertz CT molecular complexity index is 956. The van der Waals surface area contributed by atoms with Crippen LogP contribution < -0.4 is 15.4 Å². The smallest absolute Gasteiger partial charge is 0.158 e. The molecule has 4 rings (SSSR count). The number of nitrogens with zero attached hydrogens (tertiary/aromatic N) is 5. The molecule has 3 N–H and O–H groups in total. The maximum absolute atomic E-state index is 8.78. The van der Waals surface area contributed by atoms with Gasteiger partial charge in [0.1, 0.15) is 23.7 Å². The number of nitriles is 1. The molecule has 1 aliphatic rings. The lowest BCUT2D eigenvalue weighted by Crippen LogP contribution is -2.45. The van der Waals surface area contributed by atoms with Gasteiger partial charge in [-0.25, -0.2) is 9.97 Å². The Morgan fingerprint density at radius 3 is 2.85 bits per heavy atom. The van der Waals surface area contributed by atoms with Crippen molar-refractivity contribution in [1.82, 2.24) is 30.5 Å². The van der Waals surface area contributed by atoms with Gasteiger partial charge in [0, 0.05) is 24.5 Å². The Hall–Kier alpha value is -3.51. The number of anilines is 2. The van der Waals surface area contributed by atoms with Gasteiger partial charge in [0.2, 0.25) is 0 Å². The second-order valence-electron chi connectivity index (χ2n) is 6.26. The first-order valence-electron chi connectivity index (χ1n) is 8.58. The number of rotatable bonds is 6. The molecule has 0 aromatic carbocycles. The van der Waals surface area contributed by atoms with Crippen LogP contribution >= 0.6 is 0 Å². The average molecular weight is 362 g/mol. The van der Waals surface area contributed by atoms with Crippen molar-refractivity contribution in [1.29, 1.82) is 5.26 Å². The Kier molecular flexibility index (Phi) is 4.63. The predicted octanol–water partition coefficient (Wildman–Crippen LogP) is 2.01. The van der Waals surface area contributed by atoms with Gasteiger partial charge >= 0.3 is 0 Å². The topological polar surface area (TPSA) is 124 Å². The summed E-state index contributed by atoms with van der Waals surface area (Å²) in [7, 11) is 1.97. The highest BCUT2D eigenvalue weighted by atomic mass is 16.5. The van der Waals surface area contributed by atoms with Crippen molar-refractivity contribution in [3.63, 3.8) is 0 Å². The quantitative estimate of drug-likeness (QED) is 0.608. The van der Waals surface area contributed by atoms with E-state index in [0.717, 1.165) is 29.8 Å². The van der Waals surface area contributed by atoms with Crippen LogP contribution in [0.4, 0.5) is 11.6 Å². The number of ether oxygens (including phenoxy) is 1. The van der Waals surface area contributed by atoms with E-state index in [1.807, 2.05) is 25.2 Å². The molecule has 9 heteroatoms. The van der Waals surface area contributed by atoms with Crippen molar-refractivity contribution in [3.8, 4) is 23.1 Å². The minimum Gasteiger partial charge on any atom is -0.489 e. The van der Waals surface area contributed by atoms with Crippen LogP contribution in [0.3, 0.4) is 0 Å². The summed E-state index contributed by atoms with van der Waals surface area (Å²) in [5.41, 5.74) is 1.89. The second-order valence-corrected chi connectivity index (χ2v) is 6.26. The molecule has 136 valence electrons. The number of aromatic amines is 1. The zero-order valence-corrected chi connectivity index (χ0v) is 14.7. The maximum atomic E-state index is 8.78. The van der Waals surface area contributed by atoms with Crippen molar-refractivity contribution >= 4 is 11.6 Å². The second kappa shape index (κ2) is 7.39. The largest absolute Gasteiger partial charge is 0.489 e. The lowest BCUT2D eigenvalue weighted by molar-refractivity contribution is 0.0889. The van der Waals surface area contributed by atoms with Crippen LogP contribution in [0.25, 0.3) is 11.3 Å². The molecule has 0 bridgehead atoms. The normalized spacial score (nSPS) is 18.4. The Morgan fingerprint density at radius 2 is 2.11 bits per heavy atom. The van der Waals surface area contributed by atoms with Gasteiger partial charge in [0.05, 0.1) is 23.7 Å². The van der Waals surface area contributed by atoms with E-state index < -0.39 is 0 Å². The van der Waals surface area contributed by atoms with Crippen LogP contribution in [0.2, 0.25) is 0 Å². The first-order valence-corrected chi connectivity index (χ1v) is 8.58. The summed E-state index contributed by atoms with van der Waals surface area (Å²) >= 11 is 0. The summed E-state index contributed by atoms with van der Waals surface area (Å²) in [6, 6.07) is 6.17. The zero-order valence-electron chi connectivity index (χ0n) is 14.7. The molecule has 0 spiro atoms. The van der Waals surface area contributed by atoms with Crippen molar-refractivity contribution in [3.05, 3.63) is 42.6 Å². The van der Waals surface area contributed by atoms with Gasteiger partial charge in [-0.2, -0.15) is 10.4 Å². The molecule has 3 aromatic rings. The molecular formula is C18H18N8O. The minimum atomic E-state index is 0.207. The lowest BCUT2D eigenvalue weighted by Gasteiger charge is -2.35. The van der Waals surface area contributed by atoms with Gasteiger partial charge < -0.3 is 15.4 Å². The molecule has 0 saturated heterocycles. The van der Waals surface area contributed by atoms with Crippen molar-refractivity contribution < 1.29 is 4.74 Å². The third-order valence-electron chi connectivity index (χ3n) is 4.47. The molecule has 27 heavy (non-hydrogen) atoms. The number of aromatic nitrogens is 5. The highest BCUT2D eigenvalue weighted by Crippen LogP contribution is 2.33. The molecular weight excluding hydrogens is 344 g/mol. The summed E-state index contributed by atoms with van der Waals surface area (Å²) in [5.74, 6) is 1.86. The maximum Gasteiger partial charge on any atom is 0.158 e. The third kappa shape index (κ3) is 3.70. The summed E-state index contributed by atoms with van der Waals surface area (Å²) in [4.78, 5) is 12.3. The molecule has 1 aliphatic carbocycles. The lowest BCUT2D eigenvalue weighted by atomic mass is 9.89. The molecule has 0 atom stereocenters. The van der Waals surface area contributed by atoms with E-state index in [9.17, 15) is 0 Å². The van der Waals surface area contributed by atoms with Crippen LogP contribution in [0.5, 0.6) is 5.75 Å². The zero-order chi connectivity index (χ0) is 18.6. The Labute approximate surface area is 155 Å². The molecule has 1 fully saturated rings. The molecule has 0 unspecified atom stereocenters. The van der Waals surface area contributed by atoms with Crippen LogP contribution in [0, 0.1) is 11.3 Å². The fourth-order valence-corrected chi connectivity index (χ4v) is 2.87. The van der Waals surface area contributed by atoms with Gasteiger partial charge in [-0.1, -0.05) is 0 Å². The number of pyridine rings is 1. The molecule has 0 amide bonds. The van der Waals surface area contributed by atoms with Gasteiger partial charge in [-0.15, -0.1) is 0 Å². The van der Waals surface area contributed by atoms with Crippen LogP contribution in [-0.2, 0) is 0 Å². The SMILES string of the molecule is CNC1CC(Oc2ccncc2-c2cc(Nc3cnc(C#N)cn3)n[nH]2)C1. The monoisotopic (exact) mass is 362 g/mol. The highest BCUT2D eigenvalue weighted by Gasteiger charge is 2.30. The average Bonchev–Trinajstić information content (AvgIpc) is 3.13. The fourth-order valence-electron chi connectivity index (χ4n) is 2.87. The molecule has 9 nitrogen and oxygen atoms in total. The molecule has 3 aromatic heterocycles. The summed E-state index contributed by atoms with van der Waals surface area (Å²) in [6.07, 6.45) is 8.55. The number of hydrogen-bond acceptors (Lipinski definition) is 8. The van der Waals surface area contributed by atoms with Crippen molar-refractivity contribution in [2.75, 3.05) is 12.4 Å². The van der Waals surface area contributed by atoms with Crippen LogP contribution in [0.15, 0.2) is 36.9 Å². The molecule has 0 aliphatic heterocycles. The van der Waals surface area contributed by atoms with Crippen molar-refractivity contribution in [2.45, 2.75) is 25.0 Å². The molecule has 0 radical (unpaired) electrons. The molecule has 1 saturated carbocycles. The minimum absolute atomic E-state index is 0.207. The van der Waals surface area contributed by atoms with E-state index in [1.165, 1.54) is 12.4 Å². The third-order valence-corrected chi connectivity index (χ3v) is 4.47. The van der Waals surface area contributed by atoms with Gasteiger partial charge in [-0.05, 0) is 26.0 Å². The van der Waals surface area contributed by atoms with Crippen molar-refractivity contribution in [2.24, 2.45) is 0 Å². The van der Waals surface area contributed by atoms with E-state index in [-0.39, 0.29) is 11.8 Å². The van der Waals surface area contributed by atoms with Gasteiger partial charge in [-0.3, -0.25) is 10.1 Å². The first-order chi connectivity index (χ1) is 13.2. The number of hydrogen-bond donors (Lipinski definition) is 3. The number of nitrogens with one attached hydrogen (secondary N) is 3. The predicted molar refractivity (Wildman–Crippen MR) is 98.3 cm³/mol. The van der Waals surface area contributed by atoms with E-state index in [2.05, 4.69) is 35.8 Å². The summed E-state index contributed by atoms with van der Waals surface area (Å²) in [5, 5.41) is 22.3. The van der Waals surface area contributed by atoms with Crippen LogP contribution in [0.1, 0.15) is 18.5 Å². The Balaban J connectivity index is 1.49. The van der Waals surface area contributed by atoms with E-state index in [0.29, 0.717) is 17.7 Å². The van der Waals surface area contributed by atoms with E-state index >= 15 is 0 Å². The summed E-state index contributed by atoms with van der Waals surface area (Å²) in [6.45, 7) is 0. The highest BCUT2D eigenvalue weighted by molar-refractivity contribution is 5.69. The first kappa shape index (κ1) is 16.9. The van der Waals surface area contributed by atoms with Crippen LogP contribution in [-0.4, -0.2) is 44.3 Å². The summed E-state index contributed by atoms with van der Waals surface area (Å²) < 4.78 is 6.12. The van der Waals surface area contributed by atoms with Gasteiger partial charge in [0.15, 0.2) is 11.5 Å².